The zero-order valence-electron chi connectivity index (χ0n) is 9.07. The Morgan fingerprint density at radius 3 is 2.56 bits per heavy atom. The van der Waals surface area contributed by atoms with E-state index in [1.165, 1.54) is 10.7 Å². The summed E-state index contributed by atoms with van der Waals surface area (Å²) in [6.07, 6.45) is 0.619. The SMILES string of the molecule is Cc1cc(C)n(-c2ccc(C=O)cc2F)n1. The van der Waals surface area contributed by atoms with Gasteiger partial charge in [-0.15, -0.1) is 0 Å². The molecule has 3 nitrogen and oxygen atoms in total. The van der Waals surface area contributed by atoms with Crippen LogP contribution in [0.5, 0.6) is 0 Å². The van der Waals surface area contributed by atoms with E-state index in [2.05, 4.69) is 5.10 Å². The number of halogens is 1. The van der Waals surface area contributed by atoms with Gasteiger partial charge in [-0.1, -0.05) is 0 Å². The van der Waals surface area contributed by atoms with Crippen molar-refractivity contribution in [2.75, 3.05) is 0 Å². The molecule has 0 radical (unpaired) electrons. The van der Waals surface area contributed by atoms with E-state index in [1.807, 2.05) is 19.9 Å². The van der Waals surface area contributed by atoms with Crippen molar-refractivity contribution in [2.45, 2.75) is 13.8 Å². The van der Waals surface area contributed by atoms with Crippen LogP contribution in [-0.2, 0) is 0 Å². The summed E-state index contributed by atoms with van der Waals surface area (Å²) in [4.78, 5) is 10.5. The third kappa shape index (κ3) is 1.74. The van der Waals surface area contributed by atoms with E-state index in [9.17, 15) is 9.18 Å². The lowest BCUT2D eigenvalue weighted by Crippen LogP contribution is -2.02. The Hall–Kier alpha value is -1.97. The quantitative estimate of drug-likeness (QED) is 0.725. The van der Waals surface area contributed by atoms with Gasteiger partial charge in [-0.25, -0.2) is 9.07 Å². The number of rotatable bonds is 2. The summed E-state index contributed by atoms with van der Waals surface area (Å²) in [7, 11) is 0. The fourth-order valence-corrected chi connectivity index (χ4v) is 1.64. The Kier molecular flexibility index (Phi) is 2.56. The molecule has 2 rings (SSSR count). The molecule has 2 aromatic rings. The fourth-order valence-electron chi connectivity index (χ4n) is 1.64. The Morgan fingerprint density at radius 2 is 2.06 bits per heavy atom. The van der Waals surface area contributed by atoms with Gasteiger partial charge in [0.15, 0.2) is 0 Å². The van der Waals surface area contributed by atoms with Crippen molar-refractivity contribution in [3.63, 3.8) is 0 Å². The highest BCUT2D eigenvalue weighted by Crippen LogP contribution is 2.16. The normalized spacial score (nSPS) is 10.4. The minimum Gasteiger partial charge on any atom is -0.298 e. The maximum atomic E-state index is 13.7. The van der Waals surface area contributed by atoms with Crippen LogP contribution in [-0.4, -0.2) is 16.1 Å². The average molecular weight is 218 g/mol. The number of aryl methyl sites for hydroxylation is 2. The van der Waals surface area contributed by atoms with Gasteiger partial charge in [0.25, 0.3) is 0 Å². The zero-order chi connectivity index (χ0) is 11.7. The van der Waals surface area contributed by atoms with E-state index in [1.54, 1.807) is 12.1 Å². The molecular formula is C12H11FN2O. The van der Waals surface area contributed by atoms with Gasteiger partial charge in [0.2, 0.25) is 0 Å². The molecule has 82 valence electrons. The summed E-state index contributed by atoms with van der Waals surface area (Å²) in [5.41, 5.74) is 2.37. The first-order valence-corrected chi connectivity index (χ1v) is 4.90. The number of nitrogens with zero attached hydrogens (tertiary/aromatic N) is 2. The predicted octanol–water partition coefficient (Wildman–Crippen LogP) is 2.44. The lowest BCUT2D eigenvalue weighted by Gasteiger charge is -2.05. The van der Waals surface area contributed by atoms with Crippen molar-refractivity contribution in [3.8, 4) is 5.69 Å². The highest BCUT2D eigenvalue weighted by molar-refractivity contribution is 5.75. The van der Waals surface area contributed by atoms with Gasteiger partial charge in [-0.05, 0) is 38.1 Å². The zero-order valence-corrected chi connectivity index (χ0v) is 9.07. The molecule has 0 spiro atoms. The number of hydrogen-bond donors (Lipinski definition) is 0. The predicted molar refractivity (Wildman–Crippen MR) is 58.4 cm³/mol. The van der Waals surface area contributed by atoms with E-state index >= 15 is 0 Å². The van der Waals surface area contributed by atoms with Gasteiger partial charge in [-0.2, -0.15) is 5.10 Å². The number of aromatic nitrogens is 2. The van der Waals surface area contributed by atoms with Crippen molar-refractivity contribution in [1.82, 2.24) is 9.78 Å². The minimum atomic E-state index is -0.448. The summed E-state index contributed by atoms with van der Waals surface area (Å²) < 4.78 is 15.2. The second-order valence-electron chi connectivity index (χ2n) is 3.67. The molecule has 1 aromatic heterocycles. The second-order valence-corrected chi connectivity index (χ2v) is 3.67. The molecule has 4 heteroatoms. The number of aldehydes is 1. The molecule has 0 saturated heterocycles. The highest BCUT2D eigenvalue weighted by Gasteiger charge is 2.09. The van der Waals surface area contributed by atoms with Crippen LogP contribution in [0.25, 0.3) is 5.69 Å². The van der Waals surface area contributed by atoms with E-state index in [0.29, 0.717) is 17.5 Å². The van der Waals surface area contributed by atoms with Gasteiger partial charge >= 0.3 is 0 Å². The van der Waals surface area contributed by atoms with E-state index in [-0.39, 0.29) is 0 Å². The molecule has 0 aliphatic carbocycles. The van der Waals surface area contributed by atoms with Gasteiger partial charge in [0.1, 0.15) is 17.8 Å². The molecule has 0 N–H and O–H groups in total. The van der Waals surface area contributed by atoms with Crippen LogP contribution in [0.2, 0.25) is 0 Å². The van der Waals surface area contributed by atoms with Crippen LogP contribution in [0.3, 0.4) is 0 Å². The van der Waals surface area contributed by atoms with Crippen LogP contribution < -0.4 is 0 Å². The molecule has 1 heterocycles. The summed E-state index contributed by atoms with van der Waals surface area (Å²) in [5, 5.41) is 4.19. The minimum absolute atomic E-state index is 0.322. The molecule has 0 unspecified atom stereocenters. The molecule has 0 fully saturated rings. The molecule has 0 saturated carbocycles. The van der Waals surface area contributed by atoms with Crippen molar-refractivity contribution in [1.29, 1.82) is 0 Å². The van der Waals surface area contributed by atoms with Gasteiger partial charge in [-0.3, -0.25) is 4.79 Å². The smallest absolute Gasteiger partial charge is 0.150 e. The van der Waals surface area contributed by atoms with E-state index in [0.717, 1.165) is 11.4 Å². The average Bonchev–Trinajstić information content (AvgIpc) is 2.57. The Bertz CT molecular complexity index is 546. The monoisotopic (exact) mass is 218 g/mol. The number of carbonyl (C=O) groups is 1. The molecular weight excluding hydrogens is 207 g/mol. The Balaban J connectivity index is 2.56. The van der Waals surface area contributed by atoms with E-state index < -0.39 is 5.82 Å². The summed E-state index contributed by atoms with van der Waals surface area (Å²) in [6.45, 7) is 3.70. The molecule has 0 aliphatic rings. The number of hydrogen-bond acceptors (Lipinski definition) is 2. The van der Waals surface area contributed by atoms with Crippen molar-refractivity contribution < 1.29 is 9.18 Å². The molecule has 0 aliphatic heterocycles. The molecule has 0 amide bonds. The lowest BCUT2D eigenvalue weighted by molar-refractivity contribution is 0.112. The van der Waals surface area contributed by atoms with Gasteiger partial charge in [0.05, 0.1) is 5.69 Å². The second kappa shape index (κ2) is 3.89. The summed E-state index contributed by atoms with van der Waals surface area (Å²) in [5.74, 6) is -0.448. The van der Waals surface area contributed by atoms with Crippen LogP contribution >= 0.6 is 0 Å². The first kappa shape index (κ1) is 10.5. The first-order valence-electron chi connectivity index (χ1n) is 4.90. The topological polar surface area (TPSA) is 34.9 Å². The number of carbonyl (C=O) groups excluding carboxylic acids is 1. The van der Waals surface area contributed by atoms with Crippen LogP contribution in [0.1, 0.15) is 21.7 Å². The summed E-state index contributed by atoms with van der Waals surface area (Å²) in [6, 6.07) is 6.20. The van der Waals surface area contributed by atoms with E-state index in [4.69, 9.17) is 0 Å². The maximum absolute atomic E-state index is 13.7. The Morgan fingerprint density at radius 1 is 1.31 bits per heavy atom. The van der Waals surface area contributed by atoms with Crippen molar-refractivity contribution in [3.05, 3.63) is 47.0 Å². The van der Waals surface area contributed by atoms with Gasteiger partial charge in [0, 0.05) is 11.3 Å². The fraction of sp³-hybridized carbons (Fsp3) is 0.167. The molecule has 16 heavy (non-hydrogen) atoms. The lowest BCUT2D eigenvalue weighted by atomic mass is 10.2. The third-order valence-electron chi connectivity index (χ3n) is 2.35. The third-order valence-corrected chi connectivity index (χ3v) is 2.35. The van der Waals surface area contributed by atoms with Crippen LogP contribution in [0, 0.1) is 19.7 Å². The maximum Gasteiger partial charge on any atom is 0.150 e. The standard InChI is InChI=1S/C12H11FN2O/c1-8-5-9(2)15(14-8)12-4-3-10(7-16)6-11(12)13/h3-7H,1-2H3. The molecule has 1 aromatic carbocycles. The molecule has 0 atom stereocenters. The first-order chi connectivity index (χ1) is 7.61. The number of benzene rings is 1. The largest absolute Gasteiger partial charge is 0.298 e. The van der Waals surface area contributed by atoms with Crippen LogP contribution in [0.4, 0.5) is 4.39 Å². The van der Waals surface area contributed by atoms with Crippen molar-refractivity contribution >= 4 is 6.29 Å². The molecule has 0 bridgehead atoms. The van der Waals surface area contributed by atoms with Crippen molar-refractivity contribution in [2.24, 2.45) is 0 Å². The van der Waals surface area contributed by atoms with Crippen LogP contribution in [0.15, 0.2) is 24.3 Å². The van der Waals surface area contributed by atoms with Gasteiger partial charge < -0.3 is 0 Å². The Labute approximate surface area is 92.5 Å². The highest BCUT2D eigenvalue weighted by atomic mass is 19.1. The summed E-state index contributed by atoms with van der Waals surface area (Å²) >= 11 is 0.